The van der Waals surface area contributed by atoms with E-state index in [9.17, 15) is 22.8 Å². The monoisotopic (exact) mass is 469 g/mol. The third kappa shape index (κ3) is 5.25. The third-order valence-corrected chi connectivity index (χ3v) is 6.10. The van der Waals surface area contributed by atoms with Crippen molar-refractivity contribution in [2.75, 3.05) is 11.9 Å². The summed E-state index contributed by atoms with van der Waals surface area (Å²) < 4.78 is 41.7. The summed E-state index contributed by atoms with van der Waals surface area (Å²) >= 11 is 2.71. The van der Waals surface area contributed by atoms with Gasteiger partial charge in [0, 0.05) is 6.54 Å². The highest BCUT2D eigenvalue weighted by Crippen LogP contribution is 2.29. The van der Waals surface area contributed by atoms with Crippen molar-refractivity contribution < 1.29 is 22.8 Å². The fourth-order valence-corrected chi connectivity index (χ4v) is 4.24. The summed E-state index contributed by atoms with van der Waals surface area (Å²) in [6.45, 7) is 3.73. The average Bonchev–Trinajstić information content (AvgIpc) is 3.41. The molecule has 0 aliphatic rings. The third-order valence-electron chi connectivity index (χ3n) is 4.16. The zero-order valence-electron chi connectivity index (χ0n) is 16.5. The molecular formula is C19H18F3N5O2S2. The van der Waals surface area contributed by atoms with Gasteiger partial charge in [0.15, 0.2) is 28.4 Å². The molecule has 164 valence electrons. The quantitative estimate of drug-likeness (QED) is 0.388. The average molecular weight is 470 g/mol. The van der Waals surface area contributed by atoms with E-state index < -0.39 is 46.7 Å². The number of anilines is 1. The molecule has 0 aliphatic carbocycles. The van der Waals surface area contributed by atoms with Crippen LogP contribution in [-0.4, -0.2) is 38.4 Å². The Hall–Kier alpha value is -2.86. The smallest absolute Gasteiger partial charge is 0.243 e. The van der Waals surface area contributed by atoms with Gasteiger partial charge in [-0.05, 0) is 37.4 Å². The Morgan fingerprint density at radius 3 is 2.65 bits per heavy atom. The number of amides is 2. The van der Waals surface area contributed by atoms with Crippen LogP contribution in [0.1, 0.15) is 13.8 Å². The van der Waals surface area contributed by atoms with Gasteiger partial charge in [0.2, 0.25) is 11.8 Å². The van der Waals surface area contributed by atoms with Crippen molar-refractivity contribution >= 4 is 40.6 Å². The molecule has 0 spiro atoms. The van der Waals surface area contributed by atoms with E-state index in [1.165, 1.54) is 23.1 Å². The van der Waals surface area contributed by atoms with Crippen LogP contribution < -0.4 is 10.6 Å². The van der Waals surface area contributed by atoms with E-state index in [1.807, 2.05) is 29.0 Å². The van der Waals surface area contributed by atoms with Crippen LogP contribution in [0.5, 0.6) is 0 Å². The van der Waals surface area contributed by atoms with Gasteiger partial charge in [-0.15, -0.1) is 21.5 Å². The highest BCUT2D eigenvalue weighted by Gasteiger charge is 2.21. The molecule has 31 heavy (non-hydrogen) atoms. The highest BCUT2D eigenvalue weighted by molar-refractivity contribution is 8.00. The summed E-state index contributed by atoms with van der Waals surface area (Å²) in [5.41, 5.74) is -0.516. The molecule has 0 saturated heterocycles. The standard InChI is InChI=1S/C19H18F3N5O2S2/c1-3-27-17(13-5-4-8-30-13)25-26-19(27)31-10(2)18(29)23-9-14(28)24-12-7-6-11(20)15(21)16(12)22/h4-8,10H,3,9H2,1-2H3,(H,23,29)(H,24,28). The lowest BCUT2D eigenvalue weighted by Crippen LogP contribution is -2.37. The number of thioether (sulfide) groups is 1. The Morgan fingerprint density at radius 1 is 1.19 bits per heavy atom. The molecule has 1 atom stereocenters. The van der Waals surface area contributed by atoms with E-state index in [4.69, 9.17) is 0 Å². The van der Waals surface area contributed by atoms with Gasteiger partial charge in [0.25, 0.3) is 0 Å². The molecule has 0 radical (unpaired) electrons. The van der Waals surface area contributed by atoms with Crippen LogP contribution in [0.2, 0.25) is 0 Å². The highest BCUT2D eigenvalue weighted by atomic mass is 32.2. The molecule has 0 aliphatic heterocycles. The first kappa shape index (κ1) is 22.8. The molecule has 0 fully saturated rings. The number of carbonyl (C=O) groups excluding carboxylic acids is 2. The summed E-state index contributed by atoms with van der Waals surface area (Å²) in [5.74, 6) is -5.09. The van der Waals surface area contributed by atoms with Gasteiger partial charge in [-0.25, -0.2) is 13.2 Å². The molecule has 2 heterocycles. The Bertz CT molecular complexity index is 1090. The topological polar surface area (TPSA) is 88.9 Å². The summed E-state index contributed by atoms with van der Waals surface area (Å²) in [6, 6.07) is 5.43. The molecule has 7 nitrogen and oxygen atoms in total. The van der Waals surface area contributed by atoms with Crippen molar-refractivity contribution in [3.63, 3.8) is 0 Å². The van der Waals surface area contributed by atoms with E-state index >= 15 is 0 Å². The molecule has 1 aromatic carbocycles. The first-order valence-electron chi connectivity index (χ1n) is 9.16. The number of rotatable bonds is 8. The van der Waals surface area contributed by atoms with Crippen molar-refractivity contribution in [2.24, 2.45) is 0 Å². The van der Waals surface area contributed by atoms with Crippen LogP contribution in [0.15, 0.2) is 34.8 Å². The fourth-order valence-electron chi connectivity index (χ4n) is 2.59. The van der Waals surface area contributed by atoms with Crippen LogP contribution in [-0.2, 0) is 16.1 Å². The molecule has 12 heteroatoms. The van der Waals surface area contributed by atoms with Gasteiger partial charge < -0.3 is 15.2 Å². The van der Waals surface area contributed by atoms with Crippen LogP contribution in [0.3, 0.4) is 0 Å². The predicted molar refractivity (Wildman–Crippen MR) is 112 cm³/mol. The van der Waals surface area contributed by atoms with E-state index in [-0.39, 0.29) is 0 Å². The number of halogens is 3. The Kier molecular flexibility index (Phi) is 7.33. The number of nitrogens with zero attached hydrogens (tertiary/aromatic N) is 3. The Labute approximate surface area is 184 Å². The van der Waals surface area contributed by atoms with Gasteiger partial charge in [-0.1, -0.05) is 17.8 Å². The Morgan fingerprint density at radius 2 is 1.97 bits per heavy atom. The maximum Gasteiger partial charge on any atom is 0.243 e. The predicted octanol–water partition coefficient (Wildman–Crippen LogP) is 3.68. The number of benzene rings is 1. The van der Waals surface area contributed by atoms with Gasteiger partial charge in [-0.3, -0.25) is 9.59 Å². The molecule has 2 amide bonds. The molecule has 1 unspecified atom stereocenters. The van der Waals surface area contributed by atoms with Gasteiger partial charge in [-0.2, -0.15) is 0 Å². The van der Waals surface area contributed by atoms with Crippen LogP contribution in [0.4, 0.5) is 18.9 Å². The van der Waals surface area contributed by atoms with Gasteiger partial charge in [0.1, 0.15) is 0 Å². The summed E-state index contributed by atoms with van der Waals surface area (Å²) in [6.07, 6.45) is 0. The number of thiophene rings is 1. The van der Waals surface area contributed by atoms with E-state index in [0.717, 1.165) is 10.9 Å². The van der Waals surface area contributed by atoms with Crippen molar-refractivity contribution in [1.29, 1.82) is 0 Å². The molecule has 3 aromatic rings. The van der Waals surface area contributed by atoms with Gasteiger partial charge >= 0.3 is 0 Å². The van der Waals surface area contributed by atoms with Crippen molar-refractivity contribution in [3.8, 4) is 10.7 Å². The summed E-state index contributed by atoms with van der Waals surface area (Å²) in [5, 5.41) is 14.8. The summed E-state index contributed by atoms with van der Waals surface area (Å²) in [7, 11) is 0. The van der Waals surface area contributed by atoms with Crippen LogP contribution in [0, 0.1) is 17.5 Å². The summed E-state index contributed by atoms with van der Waals surface area (Å²) in [4.78, 5) is 25.3. The molecule has 3 rings (SSSR count). The minimum Gasteiger partial charge on any atom is -0.346 e. The minimum atomic E-state index is -1.69. The minimum absolute atomic E-state index is 0.450. The molecule has 2 aromatic heterocycles. The molecule has 0 saturated carbocycles. The zero-order chi connectivity index (χ0) is 22.5. The van der Waals surface area contributed by atoms with E-state index in [2.05, 4.69) is 20.8 Å². The van der Waals surface area contributed by atoms with Crippen molar-refractivity contribution in [3.05, 3.63) is 47.1 Å². The zero-order valence-corrected chi connectivity index (χ0v) is 18.1. The van der Waals surface area contributed by atoms with Crippen LogP contribution in [0.25, 0.3) is 10.7 Å². The maximum absolute atomic E-state index is 13.6. The Balaban J connectivity index is 1.57. The number of aromatic nitrogens is 3. The van der Waals surface area contributed by atoms with Crippen molar-refractivity contribution in [1.82, 2.24) is 20.1 Å². The lowest BCUT2D eigenvalue weighted by atomic mass is 10.2. The lowest BCUT2D eigenvalue weighted by molar-refractivity contribution is -0.123. The normalized spacial score (nSPS) is 11.9. The second-order valence-corrected chi connectivity index (χ2v) is 8.53. The molecule has 2 N–H and O–H groups in total. The first-order chi connectivity index (χ1) is 14.8. The maximum atomic E-state index is 13.6. The molecule has 0 bridgehead atoms. The largest absolute Gasteiger partial charge is 0.346 e. The molecular weight excluding hydrogens is 451 g/mol. The van der Waals surface area contributed by atoms with E-state index in [1.54, 1.807) is 6.92 Å². The number of carbonyl (C=O) groups is 2. The second-order valence-electron chi connectivity index (χ2n) is 6.28. The fraction of sp³-hybridized carbons (Fsp3) is 0.263. The first-order valence-corrected chi connectivity index (χ1v) is 10.9. The number of nitrogens with one attached hydrogen (secondary N) is 2. The van der Waals surface area contributed by atoms with Crippen molar-refractivity contribution in [2.45, 2.75) is 30.8 Å². The van der Waals surface area contributed by atoms with Crippen LogP contribution >= 0.6 is 23.1 Å². The SMILES string of the molecule is CCn1c(SC(C)C(=O)NCC(=O)Nc2ccc(F)c(F)c2F)nnc1-c1cccs1. The number of hydrogen-bond acceptors (Lipinski definition) is 6. The number of hydrogen-bond donors (Lipinski definition) is 2. The van der Waals surface area contributed by atoms with E-state index in [0.29, 0.717) is 23.6 Å². The lowest BCUT2D eigenvalue weighted by Gasteiger charge is -2.13. The van der Waals surface area contributed by atoms with Gasteiger partial charge in [0.05, 0.1) is 22.4 Å². The second kappa shape index (κ2) is 9.96.